The van der Waals surface area contributed by atoms with Gasteiger partial charge in [-0.15, -0.1) is 34.0 Å². The molecule has 0 aliphatic carbocycles. The van der Waals surface area contributed by atoms with E-state index >= 15 is 0 Å². The second kappa shape index (κ2) is 36.2. The molecule has 0 radical (unpaired) electrons. The quantitative estimate of drug-likeness (QED) is 0.108. The highest BCUT2D eigenvalue weighted by Crippen LogP contribution is 2.51. The number of hydrogen-bond donors (Lipinski definition) is 0. The molecule has 0 bridgehead atoms. The van der Waals surface area contributed by atoms with Gasteiger partial charge in [-0.3, -0.25) is 14.5 Å². The fraction of sp³-hybridized carbons (Fsp3) is 0. The molecular weight excluding hydrogens is 1810 g/mol. The van der Waals surface area contributed by atoms with Crippen LogP contribution < -0.4 is 0 Å². The molecule has 0 saturated carbocycles. The SMILES string of the molecule is c1ccc(-c2ccc(-n3c4ccc(-c5ccccc5)cc4c4ccc5c6cc(-c7ccccc7)ccc6sc5c43)cc2)cc1.c1ccc(-c2ccc3sc4c(ccc5c6cc(-c7ccccc7)ccc6n(-c6cc(-c7ccccn7)nc(-c7ccccn7)c6)c54)c3c2)cc1.c1ccc(-c2ccc3sc4c(ccc5c6cc(-c7ccccc7)ccc6n(-c6nc(-c7ccccc7)cc(-c7ccccc7)n6)c54)c3c2)cc1. The summed E-state index contributed by atoms with van der Waals surface area (Å²) in [5.74, 6) is 0.660. The van der Waals surface area contributed by atoms with Gasteiger partial charge in [0.25, 0.3) is 0 Å². The monoisotopic (exact) mass is 1890 g/mol. The summed E-state index contributed by atoms with van der Waals surface area (Å²) in [5.41, 5.74) is 33.4. The lowest BCUT2D eigenvalue weighted by Crippen LogP contribution is -2.04. The first-order chi connectivity index (χ1) is 71.4. The number of aromatic nitrogens is 8. The van der Waals surface area contributed by atoms with Crippen molar-refractivity contribution in [3.05, 3.63) is 510 Å². The average Bonchev–Trinajstić information content (AvgIpc) is 1.56. The van der Waals surface area contributed by atoms with Gasteiger partial charge in [0.05, 0.1) is 87.1 Å². The van der Waals surface area contributed by atoms with E-state index in [9.17, 15) is 0 Å². The van der Waals surface area contributed by atoms with Gasteiger partial charge in [0.15, 0.2) is 0 Å². The van der Waals surface area contributed by atoms with Crippen molar-refractivity contribution in [2.45, 2.75) is 0 Å². The zero-order chi connectivity index (χ0) is 95.1. The summed E-state index contributed by atoms with van der Waals surface area (Å²) < 4.78 is 14.9. The Morgan fingerprint density at radius 3 is 0.729 bits per heavy atom. The molecule has 674 valence electrons. The number of rotatable bonds is 14. The summed E-state index contributed by atoms with van der Waals surface area (Å²) in [4.78, 5) is 25.1. The summed E-state index contributed by atoms with van der Waals surface area (Å²) in [7, 11) is 0. The Kier molecular flexibility index (Phi) is 21.4. The van der Waals surface area contributed by atoms with Crippen molar-refractivity contribution in [3.63, 3.8) is 0 Å². The highest BCUT2D eigenvalue weighted by atomic mass is 32.1. The van der Waals surface area contributed by atoms with Crippen molar-refractivity contribution >= 4 is 160 Å². The summed E-state index contributed by atoms with van der Waals surface area (Å²) in [5, 5.41) is 15.0. The first kappa shape index (κ1) is 85.0. The molecule has 8 nitrogen and oxygen atoms in total. The Balaban J connectivity index is 0.000000108. The molecule has 0 spiro atoms. The van der Waals surface area contributed by atoms with Crippen LogP contribution in [0.25, 0.3) is 266 Å². The van der Waals surface area contributed by atoms with Gasteiger partial charge in [0.2, 0.25) is 5.95 Å². The van der Waals surface area contributed by atoms with E-state index in [-0.39, 0.29) is 0 Å². The first-order valence-corrected chi connectivity index (χ1v) is 51.0. The Morgan fingerprint density at radius 2 is 0.410 bits per heavy atom. The zero-order valence-electron chi connectivity index (χ0n) is 77.8. The minimum atomic E-state index is 0.660. The average molecular weight is 1890 g/mol. The van der Waals surface area contributed by atoms with E-state index in [2.05, 4.69) is 463 Å². The van der Waals surface area contributed by atoms with Crippen molar-refractivity contribution in [1.82, 2.24) is 38.6 Å². The maximum atomic E-state index is 5.32. The van der Waals surface area contributed by atoms with Crippen molar-refractivity contribution in [2.24, 2.45) is 0 Å². The summed E-state index contributed by atoms with van der Waals surface area (Å²) in [6.45, 7) is 0. The van der Waals surface area contributed by atoms with Gasteiger partial charge in [0, 0.05) is 108 Å². The van der Waals surface area contributed by atoms with Crippen molar-refractivity contribution in [1.29, 1.82) is 0 Å². The van der Waals surface area contributed by atoms with Gasteiger partial charge < -0.3 is 9.13 Å². The van der Waals surface area contributed by atoms with Crippen LogP contribution in [0.3, 0.4) is 0 Å². The zero-order valence-corrected chi connectivity index (χ0v) is 80.2. The minimum absolute atomic E-state index is 0.660. The molecule has 0 fully saturated rings. The topological polar surface area (TPSA) is 79.2 Å². The van der Waals surface area contributed by atoms with Gasteiger partial charge in [-0.25, -0.2) is 15.0 Å². The molecule has 0 unspecified atom stereocenters. The molecule has 144 heavy (non-hydrogen) atoms. The molecule has 29 aromatic rings. The van der Waals surface area contributed by atoms with Crippen molar-refractivity contribution in [2.75, 3.05) is 0 Å². The third-order valence-corrected chi connectivity index (χ3v) is 31.5. The van der Waals surface area contributed by atoms with Gasteiger partial charge >= 0.3 is 0 Å². The maximum Gasteiger partial charge on any atom is 0.235 e. The molecule has 0 amide bonds. The molecule has 0 aliphatic rings. The van der Waals surface area contributed by atoms with Crippen molar-refractivity contribution < 1.29 is 0 Å². The number of nitrogens with zero attached hydrogens (tertiary/aromatic N) is 8. The van der Waals surface area contributed by atoms with Crippen LogP contribution in [0.4, 0.5) is 0 Å². The first-order valence-electron chi connectivity index (χ1n) is 48.5. The third kappa shape index (κ3) is 15.3. The van der Waals surface area contributed by atoms with E-state index in [1.807, 2.05) is 94.9 Å². The molecule has 10 aromatic heterocycles. The van der Waals surface area contributed by atoms with Crippen molar-refractivity contribution in [3.8, 4) is 141 Å². The van der Waals surface area contributed by atoms with Crippen LogP contribution >= 0.6 is 34.0 Å². The summed E-state index contributed by atoms with van der Waals surface area (Å²) >= 11 is 5.60. The van der Waals surface area contributed by atoms with Gasteiger partial charge in [-0.1, -0.05) is 370 Å². The predicted octanol–water partition coefficient (Wildman–Crippen LogP) is 36.8. The van der Waals surface area contributed by atoms with Crippen LogP contribution in [0.1, 0.15) is 0 Å². The fourth-order valence-electron chi connectivity index (χ4n) is 21.0. The molecule has 29 rings (SSSR count). The minimum Gasteiger partial charge on any atom is -0.308 e. The van der Waals surface area contributed by atoms with E-state index in [1.54, 1.807) is 0 Å². The second-order valence-electron chi connectivity index (χ2n) is 36.5. The molecule has 19 aromatic carbocycles. The van der Waals surface area contributed by atoms with Crippen LogP contribution in [0.5, 0.6) is 0 Å². The molecule has 0 saturated heterocycles. The summed E-state index contributed by atoms with van der Waals surface area (Å²) in [6, 6.07) is 178. The normalized spacial score (nSPS) is 11.6. The lowest BCUT2D eigenvalue weighted by molar-refractivity contribution is 0.998. The molecular formula is C133H84N8S3. The summed E-state index contributed by atoms with van der Waals surface area (Å²) in [6.07, 6.45) is 3.64. The number of benzene rings is 19. The van der Waals surface area contributed by atoms with Crippen LogP contribution in [0, 0.1) is 0 Å². The van der Waals surface area contributed by atoms with E-state index in [0.29, 0.717) is 5.95 Å². The molecule has 0 atom stereocenters. The number of fused-ring (bicyclic) bond motifs is 21. The van der Waals surface area contributed by atoms with E-state index < -0.39 is 0 Å². The maximum absolute atomic E-state index is 5.32. The standard InChI is InChI=1S/C46H29N3S.C45H28N4S.C42H27NS/c1-5-13-30(14-6-1)34-21-25-42-38(27-34)36-23-24-37-39-28-35(31-15-7-2-8-16-31)22-26-43(39)50-45(37)44(36)49(42)46-47-40(32-17-9-3-10-18-32)29-41(48-46)33-19-11-4-12-20-33;1-3-11-29(12-4-1)31-17-21-42-36(25-31)34-19-20-35-37-26-32(30-13-5-2-6-14-30)18-22-43(37)50-45(35)44(34)49(42)33-27-40(38-15-7-9-23-46-38)48-41(28-33)39-16-8-10-24-47-39;1-4-10-28(11-5-1)31-16-20-34(21-17-31)43-39-24-18-32(29-12-6-2-7-13-29)26-37(39)35-22-23-36-38-27-33(30-14-8-3-9-15-30)19-25-40(38)44-42(36)41(35)43/h1-29H;1-28H;1-27H. The highest BCUT2D eigenvalue weighted by molar-refractivity contribution is 7.27. The number of thiophene rings is 3. The van der Waals surface area contributed by atoms with Gasteiger partial charge in [-0.05, 0) is 205 Å². The molecule has 0 aliphatic heterocycles. The Labute approximate surface area is 842 Å². The van der Waals surface area contributed by atoms with Crippen LogP contribution in [0.2, 0.25) is 0 Å². The molecule has 0 N–H and O–H groups in total. The Hall–Kier alpha value is -18.2. The second-order valence-corrected chi connectivity index (χ2v) is 39.6. The van der Waals surface area contributed by atoms with Gasteiger partial charge in [0.1, 0.15) is 0 Å². The highest BCUT2D eigenvalue weighted by Gasteiger charge is 2.27. The fourth-order valence-corrected chi connectivity index (χ4v) is 24.7. The third-order valence-electron chi connectivity index (χ3n) is 27.9. The number of hydrogen-bond acceptors (Lipinski definition) is 8. The predicted molar refractivity (Wildman–Crippen MR) is 610 cm³/mol. The Morgan fingerprint density at radius 1 is 0.153 bits per heavy atom. The van der Waals surface area contributed by atoms with E-state index in [4.69, 9.17) is 24.9 Å². The van der Waals surface area contributed by atoms with Crippen LogP contribution in [-0.4, -0.2) is 38.6 Å². The van der Waals surface area contributed by atoms with E-state index in [1.165, 1.54) is 193 Å². The van der Waals surface area contributed by atoms with Crippen LogP contribution in [-0.2, 0) is 0 Å². The van der Waals surface area contributed by atoms with Crippen LogP contribution in [0.15, 0.2) is 510 Å². The Bertz CT molecular complexity index is 9440. The largest absolute Gasteiger partial charge is 0.308 e. The number of pyridine rings is 3. The lowest BCUT2D eigenvalue weighted by Gasteiger charge is -2.13. The molecule has 11 heteroatoms. The van der Waals surface area contributed by atoms with E-state index in [0.717, 1.165) is 67.5 Å². The molecule has 10 heterocycles. The smallest absolute Gasteiger partial charge is 0.235 e. The lowest BCUT2D eigenvalue weighted by atomic mass is 10.0. The van der Waals surface area contributed by atoms with Gasteiger partial charge in [-0.2, -0.15) is 0 Å².